The molecule has 0 N–H and O–H groups in total. The Morgan fingerprint density at radius 2 is 2.18 bits per heavy atom. The van der Waals surface area contributed by atoms with Crippen molar-refractivity contribution in [1.29, 1.82) is 0 Å². The quantitative estimate of drug-likeness (QED) is 0.597. The van der Waals surface area contributed by atoms with E-state index in [2.05, 4.69) is 9.97 Å². The largest absolute Gasteiger partial charge is 0.260 e. The van der Waals surface area contributed by atoms with Crippen molar-refractivity contribution in [3.8, 4) is 0 Å². The lowest BCUT2D eigenvalue weighted by Crippen LogP contribution is -1.77. The molecule has 0 fully saturated rings. The first-order valence-corrected chi connectivity index (χ1v) is 4.27. The molecule has 11 heavy (non-hydrogen) atoms. The molecule has 0 saturated heterocycles. The number of aryl methyl sites for hydroxylation is 2. The van der Waals surface area contributed by atoms with Crippen LogP contribution in [0.5, 0.6) is 0 Å². The third kappa shape index (κ3) is 1.12. The molecule has 0 atom stereocenters. The maximum absolute atomic E-state index is 4.35. The molecule has 0 unspecified atom stereocenters. The van der Waals surface area contributed by atoms with E-state index in [-0.39, 0.29) is 0 Å². The molecule has 0 spiro atoms. The molecule has 0 bridgehead atoms. The van der Waals surface area contributed by atoms with Crippen molar-refractivity contribution in [2.24, 2.45) is 0 Å². The third-order valence-corrected chi connectivity index (χ3v) is 2.44. The number of nitrogens with zero attached hydrogens (tertiary/aromatic N) is 2. The highest BCUT2D eigenvalue weighted by atomic mass is 32.1. The molecular weight excluding hydrogens is 156 g/mol. The Morgan fingerprint density at radius 1 is 1.36 bits per heavy atom. The molecular formula is C8H8N2S. The molecule has 0 radical (unpaired) electrons. The Kier molecular flexibility index (Phi) is 1.39. The average molecular weight is 164 g/mol. The Labute approximate surface area is 68.9 Å². The molecule has 2 heterocycles. The molecule has 56 valence electrons. The molecule has 0 aliphatic heterocycles. The van der Waals surface area contributed by atoms with Crippen LogP contribution in [0.15, 0.2) is 12.3 Å². The summed E-state index contributed by atoms with van der Waals surface area (Å²) in [6.07, 6.45) is 1.88. The molecule has 2 aromatic heterocycles. The molecule has 0 aliphatic carbocycles. The highest BCUT2D eigenvalue weighted by molar-refractivity contribution is 7.18. The first-order chi connectivity index (χ1) is 5.25. The van der Waals surface area contributed by atoms with Crippen molar-refractivity contribution in [3.05, 3.63) is 23.0 Å². The van der Waals surface area contributed by atoms with Crippen molar-refractivity contribution >= 4 is 21.6 Å². The fourth-order valence-electron chi connectivity index (χ4n) is 1.05. The second-order valence-corrected chi connectivity index (χ2v) is 3.76. The van der Waals surface area contributed by atoms with E-state index in [0.29, 0.717) is 0 Å². The minimum atomic E-state index is 1.03. The SMILES string of the molecule is Cc1cc2nc(C)sc2cn1. The molecule has 2 aromatic rings. The van der Waals surface area contributed by atoms with E-state index in [1.54, 1.807) is 11.3 Å². The van der Waals surface area contributed by atoms with Gasteiger partial charge in [-0.2, -0.15) is 0 Å². The van der Waals surface area contributed by atoms with E-state index in [1.807, 2.05) is 26.1 Å². The second kappa shape index (κ2) is 2.27. The first kappa shape index (κ1) is 6.73. The van der Waals surface area contributed by atoms with E-state index < -0.39 is 0 Å². The smallest absolute Gasteiger partial charge is 0.0908 e. The highest BCUT2D eigenvalue weighted by Crippen LogP contribution is 2.20. The lowest BCUT2D eigenvalue weighted by Gasteiger charge is -1.87. The molecule has 0 saturated carbocycles. The van der Waals surface area contributed by atoms with Gasteiger partial charge in [0.1, 0.15) is 0 Å². The van der Waals surface area contributed by atoms with E-state index in [1.165, 1.54) is 4.70 Å². The van der Waals surface area contributed by atoms with Crippen molar-refractivity contribution in [2.75, 3.05) is 0 Å². The summed E-state index contributed by atoms with van der Waals surface area (Å²) in [5, 5.41) is 1.10. The summed E-state index contributed by atoms with van der Waals surface area (Å²) in [4.78, 5) is 8.54. The van der Waals surface area contributed by atoms with Crippen LogP contribution in [-0.4, -0.2) is 9.97 Å². The van der Waals surface area contributed by atoms with Crippen LogP contribution in [-0.2, 0) is 0 Å². The Balaban J connectivity index is 2.82. The van der Waals surface area contributed by atoms with Gasteiger partial charge in [0.05, 0.1) is 15.2 Å². The standard InChI is InChI=1S/C8H8N2S/c1-5-3-7-8(4-9-5)11-6(2)10-7/h3-4H,1-2H3. The fraction of sp³-hybridized carbons (Fsp3) is 0.250. The fourth-order valence-corrected chi connectivity index (χ4v) is 1.83. The van der Waals surface area contributed by atoms with Crippen LogP contribution in [0.2, 0.25) is 0 Å². The molecule has 3 heteroatoms. The maximum atomic E-state index is 4.35. The third-order valence-electron chi connectivity index (χ3n) is 1.52. The summed E-state index contributed by atoms with van der Waals surface area (Å²) >= 11 is 1.69. The van der Waals surface area contributed by atoms with Crippen molar-refractivity contribution in [3.63, 3.8) is 0 Å². The molecule has 2 nitrogen and oxygen atoms in total. The van der Waals surface area contributed by atoms with Crippen LogP contribution in [0.25, 0.3) is 10.2 Å². The Morgan fingerprint density at radius 3 is 3.00 bits per heavy atom. The summed E-state index contributed by atoms with van der Waals surface area (Å²) in [5.74, 6) is 0. The lowest BCUT2D eigenvalue weighted by molar-refractivity contribution is 1.22. The average Bonchev–Trinajstić information content (AvgIpc) is 2.27. The van der Waals surface area contributed by atoms with Crippen LogP contribution in [0.3, 0.4) is 0 Å². The zero-order valence-electron chi connectivity index (χ0n) is 6.46. The molecule has 2 rings (SSSR count). The van der Waals surface area contributed by atoms with Gasteiger partial charge in [0, 0.05) is 11.9 Å². The van der Waals surface area contributed by atoms with Gasteiger partial charge in [-0.1, -0.05) is 0 Å². The number of fused-ring (bicyclic) bond motifs is 1. The van der Waals surface area contributed by atoms with Crippen LogP contribution in [0.4, 0.5) is 0 Å². The lowest BCUT2D eigenvalue weighted by atomic mass is 10.3. The molecule has 0 aromatic carbocycles. The Bertz CT molecular complexity index is 392. The van der Waals surface area contributed by atoms with E-state index in [4.69, 9.17) is 0 Å². The normalized spacial score (nSPS) is 10.7. The van der Waals surface area contributed by atoms with E-state index >= 15 is 0 Å². The van der Waals surface area contributed by atoms with Gasteiger partial charge < -0.3 is 0 Å². The summed E-state index contributed by atoms with van der Waals surface area (Å²) in [5.41, 5.74) is 2.10. The summed E-state index contributed by atoms with van der Waals surface area (Å²) in [7, 11) is 0. The van der Waals surface area contributed by atoms with Gasteiger partial charge in [-0.3, -0.25) is 4.98 Å². The Hall–Kier alpha value is -0.960. The zero-order chi connectivity index (χ0) is 7.84. The minimum Gasteiger partial charge on any atom is -0.260 e. The molecule has 0 aliphatic rings. The van der Waals surface area contributed by atoms with Crippen LogP contribution in [0.1, 0.15) is 10.7 Å². The summed E-state index contributed by atoms with van der Waals surface area (Å²) in [6.45, 7) is 3.99. The van der Waals surface area contributed by atoms with Crippen molar-refractivity contribution < 1.29 is 0 Å². The summed E-state index contributed by atoms with van der Waals surface area (Å²) < 4.78 is 1.17. The van der Waals surface area contributed by atoms with Crippen molar-refractivity contribution in [1.82, 2.24) is 9.97 Å². The van der Waals surface area contributed by atoms with E-state index in [0.717, 1.165) is 16.2 Å². The predicted octanol–water partition coefficient (Wildman–Crippen LogP) is 2.31. The second-order valence-electron chi connectivity index (χ2n) is 2.53. The summed E-state index contributed by atoms with van der Waals surface area (Å²) in [6, 6.07) is 2.01. The number of hydrogen-bond acceptors (Lipinski definition) is 3. The number of hydrogen-bond donors (Lipinski definition) is 0. The molecule has 0 amide bonds. The minimum absolute atomic E-state index is 1.03. The topological polar surface area (TPSA) is 25.8 Å². The number of aromatic nitrogens is 2. The first-order valence-electron chi connectivity index (χ1n) is 3.45. The van der Waals surface area contributed by atoms with Gasteiger partial charge in [0.2, 0.25) is 0 Å². The van der Waals surface area contributed by atoms with Gasteiger partial charge in [-0.25, -0.2) is 4.98 Å². The van der Waals surface area contributed by atoms with Gasteiger partial charge in [-0.05, 0) is 19.9 Å². The monoisotopic (exact) mass is 164 g/mol. The van der Waals surface area contributed by atoms with Gasteiger partial charge >= 0.3 is 0 Å². The van der Waals surface area contributed by atoms with Crippen LogP contribution in [0, 0.1) is 13.8 Å². The maximum Gasteiger partial charge on any atom is 0.0908 e. The van der Waals surface area contributed by atoms with Gasteiger partial charge in [-0.15, -0.1) is 11.3 Å². The number of thiazole rings is 1. The van der Waals surface area contributed by atoms with Gasteiger partial charge in [0.15, 0.2) is 0 Å². The van der Waals surface area contributed by atoms with Crippen molar-refractivity contribution in [2.45, 2.75) is 13.8 Å². The number of pyridine rings is 1. The van der Waals surface area contributed by atoms with Crippen LogP contribution < -0.4 is 0 Å². The van der Waals surface area contributed by atoms with Gasteiger partial charge in [0.25, 0.3) is 0 Å². The van der Waals surface area contributed by atoms with Crippen LogP contribution >= 0.6 is 11.3 Å². The zero-order valence-corrected chi connectivity index (χ0v) is 7.27. The predicted molar refractivity (Wildman–Crippen MR) is 46.9 cm³/mol. The number of rotatable bonds is 0. The highest BCUT2D eigenvalue weighted by Gasteiger charge is 1.99. The van der Waals surface area contributed by atoms with E-state index in [9.17, 15) is 0 Å².